The van der Waals surface area contributed by atoms with E-state index >= 15 is 0 Å². The molecule has 0 N–H and O–H groups in total. The van der Waals surface area contributed by atoms with Crippen molar-refractivity contribution >= 4 is 131 Å². The highest BCUT2D eigenvalue weighted by Crippen LogP contribution is 2.44. The third kappa shape index (κ3) is 8.99. The van der Waals surface area contributed by atoms with Gasteiger partial charge >= 0.3 is 0 Å². The zero-order chi connectivity index (χ0) is 66.9. The third-order valence-corrected chi connectivity index (χ3v) is 20.3. The first-order valence-electron chi connectivity index (χ1n) is 34.3. The molecule has 0 fully saturated rings. The molecule has 0 atom stereocenters. The lowest BCUT2D eigenvalue weighted by molar-refractivity contribution is 0.669. The molecule has 0 unspecified atom stereocenters. The molecule has 14 aromatic carbocycles. The molecule has 10 nitrogen and oxygen atoms in total. The Kier molecular flexibility index (Phi) is 12.8. The number of hydrogen-bond acceptors (Lipinski definition) is 6. The standard InChI is InChI=1S/2C46H28N4O/c1-3-14-29(15-4-1)38-27-44(48-46(47-38)35-22-13-21-34-33-20-9-12-25-43(33)51-45(34)35)50-40-24-11-8-19-32(40)37-26-36-31-18-7-10-23-39(31)49(41(36)28-42(37)50)30-16-5-2-6-17-30;1-3-13-29(14-4-1)46-47-38(30-23-24-35-34-19-9-12-22-43(34)51-44(35)25-30)27-45(48-46)50-40-21-11-8-18-33(40)37-26-36-32-17-7-10-20-39(32)49(41(36)28-42(37)50)31-15-5-2-6-16-31/h2*1-28H. The Labute approximate surface area is 582 Å². The van der Waals surface area contributed by atoms with E-state index < -0.39 is 0 Å². The van der Waals surface area contributed by atoms with Gasteiger partial charge in [0.2, 0.25) is 0 Å². The van der Waals surface area contributed by atoms with Gasteiger partial charge in [-0.25, -0.2) is 19.9 Å². The largest absolute Gasteiger partial charge is 0.456 e. The molecular formula is C92H56N8O2. The molecule has 0 aliphatic heterocycles. The number of nitrogens with zero attached hydrogens (tertiary/aromatic N) is 8. The van der Waals surface area contributed by atoms with E-state index in [1.165, 1.54) is 54.1 Å². The number of aromatic nitrogens is 8. The number of rotatable bonds is 8. The van der Waals surface area contributed by atoms with Gasteiger partial charge in [0.15, 0.2) is 11.6 Å². The van der Waals surface area contributed by atoms with Crippen LogP contribution in [-0.2, 0) is 0 Å². The van der Waals surface area contributed by atoms with E-state index in [-0.39, 0.29) is 0 Å². The Morgan fingerprint density at radius 3 is 1.12 bits per heavy atom. The van der Waals surface area contributed by atoms with Crippen molar-refractivity contribution in [2.75, 3.05) is 0 Å². The molecule has 10 heteroatoms. The summed E-state index contributed by atoms with van der Waals surface area (Å²) >= 11 is 0. The highest BCUT2D eigenvalue weighted by Gasteiger charge is 2.25. The van der Waals surface area contributed by atoms with Crippen molar-refractivity contribution < 1.29 is 8.83 Å². The van der Waals surface area contributed by atoms with Gasteiger partial charge in [-0.2, -0.15) is 0 Å². The molecule has 0 saturated heterocycles. The van der Waals surface area contributed by atoms with Gasteiger partial charge in [-0.15, -0.1) is 0 Å². The van der Waals surface area contributed by atoms with Gasteiger partial charge in [-0.05, 0) is 103 Å². The van der Waals surface area contributed by atoms with E-state index in [0.29, 0.717) is 11.6 Å². The van der Waals surface area contributed by atoms with Crippen LogP contribution in [0.1, 0.15) is 0 Å². The van der Waals surface area contributed by atoms with Crippen LogP contribution in [0.2, 0.25) is 0 Å². The van der Waals surface area contributed by atoms with E-state index in [0.717, 1.165) is 134 Å². The smallest absolute Gasteiger partial charge is 0.165 e. The molecule has 0 bridgehead atoms. The molecule has 0 spiro atoms. The third-order valence-electron chi connectivity index (χ3n) is 20.3. The molecule has 0 saturated carbocycles. The minimum atomic E-state index is 0.612. The first-order chi connectivity index (χ1) is 50.6. The molecule has 476 valence electrons. The predicted molar refractivity (Wildman–Crippen MR) is 418 cm³/mol. The Morgan fingerprint density at radius 2 is 0.588 bits per heavy atom. The molecule has 0 aliphatic rings. The molecule has 8 aromatic heterocycles. The van der Waals surface area contributed by atoms with Crippen molar-refractivity contribution in [3.05, 3.63) is 340 Å². The van der Waals surface area contributed by atoms with Gasteiger partial charge in [0.05, 0.1) is 61.1 Å². The first-order valence-corrected chi connectivity index (χ1v) is 34.3. The number of fused-ring (bicyclic) bond motifs is 18. The fraction of sp³-hybridized carbons (Fsp3) is 0. The quantitative estimate of drug-likeness (QED) is 0.150. The van der Waals surface area contributed by atoms with E-state index in [2.05, 4.69) is 297 Å². The van der Waals surface area contributed by atoms with Crippen LogP contribution in [0, 0.1) is 0 Å². The first kappa shape index (κ1) is 57.1. The lowest BCUT2D eigenvalue weighted by atomic mass is 10.1. The lowest BCUT2D eigenvalue weighted by Crippen LogP contribution is -2.03. The van der Waals surface area contributed by atoms with Gasteiger partial charge < -0.3 is 18.0 Å². The minimum absolute atomic E-state index is 0.612. The SMILES string of the molecule is c1ccc(-c2cc(-n3c4ccccc4c4cc5c6ccccc6n(-c6ccccc6)c5cc43)nc(-c3cccc4c3oc3ccccc34)n2)cc1.c1ccc(-c2nc(-c3ccc4c(c3)oc3ccccc34)cc(-n3c4ccccc4c4cc5c6ccccc6n(-c6ccccc6)c5cc43)n2)cc1. The van der Waals surface area contributed by atoms with Crippen LogP contribution >= 0.6 is 0 Å². The van der Waals surface area contributed by atoms with E-state index in [4.69, 9.17) is 28.8 Å². The molecule has 8 heterocycles. The predicted octanol–water partition coefficient (Wildman–Crippen LogP) is 23.8. The van der Waals surface area contributed by atoms with Gasteiger partial charge in [-0.3, -0.25) is 9.13 Å². The summed E-state index contributed by atoms with van der Waals surface area (Å²) in [6.07, 6.45) is 0. The van der Waals surface area contributed by atoms with Crippen molar-refractivity contribution in [2.45, 2.75) is 0 Å². The second kappa shape index (κ2) is 22.8. The van der Waals surface area contributed by atoms with Crippen LogP contribution in [0.25, 0.3) is 199 Å². The summed E-state index contributed by atoms with van der Waals surface area (Å²) in [4.78, 5) is 21.0. The average molecular weight is 1310 g/mol. The minimum Gasteiger partial charge on any atom is -0.456 e. The highest BCUT2D eigenvalue weighted by molar-refractivity contribution is 6.21. The van der Waals surface area contributed by atoms with Crippen LogP contribution in [0.4, 0.5) is 0 Å². The Bertz CT molecular complexity index is 7120. The molecule has 0 aliphatic carbocycles. The van der Waals surface area contributed by atoms with Gasteiger partial charge in [0.1, 0.15) is 34.0 Å². The molecule has 102 heavy (non-hydrogen) atoms. The maximum atomic E-state index is 6.50. The zero-order valence-corrected chi connectivity index (χ0v) is 54.7. The fourth-order valence-electron chi connectivity index (χ4n) is 15.7. The Hall–Kier alpha value is -14.0. The summed E-state index contributed by atoms with van der Waals surface area (Å²) in [6.45, 7) is 0. The van der Waals surface area contributed by atoms with E-state index in [1.807, 2.05) is 60.7 Å². The van der Waals surface area contributed by atoms with Crippen molar-refractivity contribution in [3.8, 4) is 68.3 Å². The maximum absolute atomic E-state index is 6.50. The average Bonchev–Trinajstić information content (AvgIpc) is 1.56. The highest BCUT2D eigenvalue weighted by atomic mass is 16.3. The van der Waals surface area contributed by atoms with Crippen LogP contribution < -0.4 is 0 Å². The normalized spacial score (nSPS) is 11.9. The topological polar surface area (TPSA) is 97.6 Å². The summed E-state index contributed by atoms with van der Waals surface area (Å²) < 4.78 is 22.1. The van der Waals surface area contributed by atoms with Crippen molar-refractivity contribution in [3.63, 3.8) is 0 Å². The second-order valence-electron chi connectivity index (χ2n) is 26.0. The summed E-state index contributed by atoms with van der Waals surface area (Å²) in [6, 6.07) is 119. The van der Waals surface area contributed by atoms with Crippen LogP contribution in [0.3, 0.4) is 0 Å². The van der Waals surface area contributed by atoms with Gasteiger partial charge in [-0.1, -0.05) is 224 Å². The monoisotopic (exact) mass is 1300 g/mol. The van der Waals surface area contributed by atoms with Gasteiger partial charge in [0, 0.05) is 105 Å². The summed E-state index contributed by atoms with van der Waals surface area (Å²) in [5, 5.41) is 13.9. The van der Waals surface area contributed by atoms with E-state index in [1.54, 1.807) is 0 Å². The summed E-state index contributed by atoms with van der Waals surface area (Å²) in [5.41, 5.74) is 20.0. The van der Waals surface area contributed by atoms with Crippen molar-refractivity contribution in [2.24, 2.45) is 0 Å². The second-order valence-corrected chi connectivity index (χ2v) is 26.0. The van der Waals surface area contributed by atoms with Crippen molar-refractivity contribution in [1.82, 2.24) is 38.2 Å². The number of furan rings is 2. The number of hydrogen-bond donors (Lipinski definition) is 0. The van der Waals surface area contributed by atoms with Crippen molar-refractivity contribution in [1.29, 1.82) is 0 Å². The number of para-hydroxylation sites is 9. The molecular weight excluding hydrogens is 1250 g/mol. The van der Waals surface area contributed by atoms with Crippen LogP contribution in [0.15, 0.2) is 349 Å². The summed E-state index contributed by atoms with van der Waals surface area (Å²) in [7, 11) is 0. The Balaban J connectivity index is 0.000000133. The Morgan fingerprint density at radius 1 is 0.206 bits per heavy atom. The van der Waals surface area contributed by atoms with E-state index in [9.17, 15) is 0 Å². The van der Waals surface area contributed by atoms with Crippen LogP contribution in [0.5, 0.6) is 0 Å². The lowest BCUT2D eigenvalue weighted by Gasteiger charge is -2.13. The molecule has 22 aromatic rings. The molecule has 22 rings (SSSR count). The summed E-state index contributed by atoms with van der Waals surface area (Å²) in [5.74, 6) is 2.87. The van der Waals surface area contributed by atoms with Gasteiger partial charge in [0.25, 0.3) is 0 Å². The maximum Gasteiger partial charge on any atom is 0.165 e. The fourth-order valence-corrected chi connectivity index (χ4v) is 15.7. The van der Waals surface area contributed by atoms with Crippen LogP contribution in [-0.4, -0.2) is 38.2 Å². The number of benzene rings is 14. The molecule has 0 radical (unpaired) electrons. The zero-order valence-electron chi connectivity index (χ0n) is 54.7. The molecule has 0 amide bonds.